The van der Waals surface area contributed by atoms with Gasteiger partial charge in [-0.25, -0.2) is 0 Å². The Morgan fingerprint density at radius 1 is 1.14 bits per heavy atom. The molecule has 0 aliphatic heterocycles. The molecule has 1 aromatic carbocycles. The maximum atomic E-state index is 12.9. The lowest BCUT2D eigenvalue weighted by Gasteiger charge is -2.37. The number of carbonyl (C=O) groups excluding carboxylic acids is 2. The van der Waals surface area contributed by atoms with E-state index in [1.54, 1.807) is 0 Å². The van der Waals surface area contributed by atoms with Crippen LogP contribution in [0, 0.1) is 23.2 Å². The standard InChI is InChI=1S/C25H39NO3/c1-17(2)20-13-12-18(3)14-22(20)29-16-23(27)26-21(24(28)25(4,5)6)15-19-10-8-7-9-11-19/h7-11,17-18,20-22H,12-16H2,1-6H3,(H,26,27). The predicted octanol–water partition coefficient (Wildman–Crippen LogP) is 4.81. The normalized spacial score (nSPS) is 23.6. The van der Waals surface area contributed by atoms with Crippen molar-refractivity contribution in [1.82, 2.24) is 5.32 Å². The molecule has 4 heteroatoms. The van der Waals surface area contributed by atoms with E-state index in [1.165, 1.54) is 6.42 Å². The van der Waals surface area contributed by atoms with Gasteiger partial charge in [0, 0.05) is 5.41 Å². The van der Waals surface area contributed by atoms with Crippen LogP contribution in [0.15, 0.2) is 30.3 Å². The average molecular weight is 402 g/mol. The van der Waals surface area contributed by atoms with Gasteiger partial charge in [-0.1, -0.05) is 78.3 Å². The molecule has 4 nitrogen and oxygen atoms in total. The number of benzene rings is 1. The molecular weight excluding hydrogens is 362 g/mol. The molecule has 0 aromatic heterocycles. The maximum Gasteiger partial charge on any atom is 0.246 e. The van der Waals surface area contributed by atoms with E-state index in [1.807, 2.05) is 51.1 Å². The Kier molecular flexibility index (Phi) is 8.45. The van der Waals surface area contributed by atoms with Crippen molar-refractivity contribution >= 4 is 11.7 Å². The molecule has 4 unspecified atom stereocenters. The third-order valence-electron chi connectivity index (χ3n) is 6.06. The number of carbonyl (C=O) groups is 2. The summed E-state index contributed by atoms with van der Waals surface area (Å²) in [6.45, 7) is 12.4. The van der Waals surface area contributed by atoms with Gasteiger partial charge in [0.2, 0.25) is 5.91 Å². The van der Waals surface area contributed by atoms with Crippen LogP contribution in [0.25, 0.3) is 0 Å². The molecule has 2 rings (SSSR count). The van der Waals surface area contributed by atoms with Crippen molar-refractivity contribution in [3.05, 3.63) is 35.9 Å². The van der Waals surface area contributed by atoms with Gasteiger partial charge in [0.05, 0.1) is 12.1 Å². The van der Waals surface area contributed by atoms with E-state index < -0.39 is 11.5 Å². The summed E-state index contributed by atoms with van der Waals surface area (Å²) in [6, 6.07) is 9.29. The molecule has 0 radical (unpaired) electrons. The van der Waals surface area contributed by atoms with Gasteiger partial charge in [-0.3, -0.25) is 9.59 Å². The van der Waals surface area contributed by atoms with Crippen LogP contribution in [0.4, 0.5) is 0 Å². The molecule has 1 amide bonds. The van der Waals surface area contributed by atoms with Crippen molar-refractivity contribution in [2.45, 2.75) is 79.4 Å². The van der Waals surface area contributed by atoms with E-state index in [9.17, 15) is 9.59 Å². The van der Waals surface area contributed by atoms with Crippen LogP contribution in [-0.4, -0.2) is 30.4 Å². The SMILES string of the molecule is CC1CCC(C(C)C)C(OCC(=O)NC(Cc2ccccc2)C(=O)C(C)(C)C)C1. The van der Waals surface area contributed by atoms with E-state index in [4.69, 9.17) is 4.74 Å². The number of Topliss-reactive ketones (excluding diaryl/α,β-unsaturated/α-hetero) is 1. The Morgan fingerprint density at radius 3 is 2.38 bits per heavy atom. The van der Waals surface area contributed by atoms with E-state index in [-0.39, 0.29) is 24.4 Å². The highest BCUT2D eigenvalue weighted by Crippen LogP contribution is 2.35. The van der Waals surface area contributed by atoms with Crippen LogP contribution in [0.1, 0.15) is 66.4 Å². The van der Waals surface area contributed by atoms with Crippen LogP contribution in [0.2, 0.25) is 0 Å². The van der Waals surface area contributed by atoms with Gasteiger partial charge < -0.3 is 10.1 Å². The Balaban J connectivity index is 2.00. The second-order valence-electron chi connectivity index (χ2n) is 10.1. The zero-order valence-electron chi connectivity index (χ0n) is 19.0. The average Bonchev–Trinajstić information content (AvgIpc) is 2.65. The minimum Gasteiger partial charge on any atom is -0.368 e. The zero-order valence-corrected chi connectivity index (χ0v) is 19.0. The number of ether oxygens (including phenoxy) is 1. The van der Waals surface area contributed by atoms with Gasteiger partial charge in [-0.05, 0) is 42.6 Å². The van der Waals surface area contributed by atoms with Crippen molar-refractivity contribution < 1.29 is 14.3 Å². The fraction of sp³-hybridized carbons (Fsp3) is 0.680. The largest absolute Gasteiger partial charge is 0.368 e. The van der Waals surface area contributed by atoms with E-state index in [0.717, 1.165) is 18.4 Å². The van der Waals surface area contributed by atoms with Gasteiger partial charge in [0.15, 0.2) is 5.78 Å². The molecule has 162 valence electrons. The third kappa shape index (κ3) is 7.26. The molecule has 1 aromatic rings. The molecule has 1 N–H and O–H groups in total. The molecule has 0 bridgehead atoms. The summed E-state index contributed by atoms with van der Waals surface area (Å²) < 4.78 is 6.08. The van der Waals surface area contributed by atoms with Crippen LogP contribution in [0.5, 0.6) is 0 Å². The monoisotopic (exact) mass is 401 g/mol. The second kappa shape index (κ2) is 10.4. The molecule has 0 heterocycles. The first-order chi connectivity index (χ1) is 13.6. The lowest BCUT2D eigenvalue weighted by Crippen LogP contribution is -2.48. The molecule has 1 fully saturated rings. The van der Waals surface area contributed by atoms with Gasteiger partial charge >= 0.3 is 0 Å². The van der Waals surface area contributed by atoms with Crippen molar-refractivity contribution in [2.75, 3.05) is 6.61 Å². The highest BCUT2D eigenvalue weighted by Gasteiger charge is 2.33. The number of ketones is 1. The fourth-order valence-electron chi connectivity index (χ4n) is 4.31. The Bertz CT molecular complexity index is 662. The van der Waals surface area contributed by atoms with E-state index in [2.05, 4.69) is 26.1 Å². The molecule has 0 spiro atoms. The first kappa shape index (κ1) is 23.6. The highest BCUT2D eigenvalue weighted by atomic mass is 16.5. The third-order valence-corrected chi connectivity index (χ3v) is 6.06. The minimum absolute atomic E-state index is 0.0172. The quantitative estimate of drug-likeness (QED) is 0.680. The lowest BCUT2D eigenvalue weighted by molar-refractivity contribution is -0.137. The van der Waals surface area contributed by atoms with E-state index in [0.29, 0.717) is 24.2 Å². The summed E-state index contributed by atoms with van der Waals surface area (Å²) >= 11 is 0. The number of hydrogen-bond donors (Lipinski definition) is 1. The van der Waals surface area contributed by atoms with Crippen LogP contribution in [-0.2, 0) is 20.7 Å². The first-order valence-corrected chi connectivity index (χ1v) is 11.1. The summed E-state index contributed by atoms with van der Waals surface area (Å²) in [5, 5.41) is 2.95. The van der Waals surface area contributed by atoms with Gasteiger partial charge in [0.25, 0.3) is 0 Å². The van der Waals surface area contributed by atoms with Crippen LogP contribution >= 0.6 is 0 Å². The predicted molar refractivity (Wildman–Crippen MR) is 118 cm³/mol. The summed E-state index contributed by atoms with van der Waals surface area (Å²) in [5.41, 5.74) is 0.520. The molecule has 4 atom stereocenters. The smallest absolute Gasteiger partial charge is 0.246 e. The lowest BCUT2D eigenvalue weighted by atomic mass is 9.75. The second-order valence-corrected chi connectivity index (χ2v) is 10.1. The van der Waals surface area contributed by atoms with Gasteiger partial charge in [0.1, 0.15) is 6.61 Å². The van der Waals surface area contributed by atoms with Crippen molar-refractivity contribution in [1.29, 1.82) is 0 Å². The molecule has 29 heavy (non-hydrogen) atoms. The highest BCUT2D eigenvalue weighted by molar-refractivity contribution is 5.92. The Labute approximate surface area is 176 Å². The van der Waals surface area contributed by atoms with Crippen molar-refractivity contribution in [3.8, 4) is 0 Å². The number of rotatable bonds is 8. The summed E-state index contributed by atoms with van der Waals surface area (Å²) in [5.74, 6) is 1.51. The fourth-order valence-corrected chi connectivity index (χ4v) is 4.31. The Morgan fingerprint density at radius 2 is 1.79 bits per heavy atom. The Hall–Kier alpha value is -1.68. The summed E-state index contributed by atoms with van der Waals surface area (Å²) in [6.07, 6.45) is 4.01. The first-order valence-electron chi connectivity index (χ1n) is 11.1. The maximum absolute atomic E-state index is 12.9. The zero-order chi connectivity index (χ0) is 21.6. The number of nitrogens with one attached hydrogen (secondary N) is 1. The van der Waals surface area contributed by atoms with Crippen LogP contribution < -0.4 is 5.32 Å². The number of hydrogen-bond acceptors (Lipinski definition) is 3. The van der Waals surface area contributed by atoms with Crippen molar-refractivity contribution in [2.24, 2.45) is 23.2 Å². The van der Waals surface area contributed by atoms with Crippen molar-refractivity contribution in [3.63, 3.8) is 0 Å². The minimum atomic E-state index is -0.542. The van der Waals surface area contributed by atoms with E-state index >= 15 is 0 Å². The topological polar surface area (TPSA) is 55.4 Å². The van der Waals surface area contributed by atoms with Gasteiger partial charge in [-0.2, -0.15) is 0 Å². The van der Waals surface area contributed by atoms with Crippen LogP contribution in [0.3, 0.4) is 0 Å². The van der Waals surface area contributed by atoms with Gasteiger partial charge in [-0.15, -0.1) is 0 Å². The molecular formula is C25H39NO3. The molecule has 1 aliphatic carbocycles. The molecule has 1 aliphatic rings. The summed E-state index contributed by atoms with van der Waals surface area (Å²) in [4.78, 5) is 25.6. The molecule has 0 saturated heterocycles. The summed E-state index contributed by atoms with van der Waals surface area (Å²) in [7, 11) is 0. The molecule has 1 saturated carbocycles. The number of amides is 1.